The van der Waals surface area contributed by atoms with Crippen LogP contribution in [0.4, 0.5) is 40.8 Å². The molecule has 30 nitrogen and oxygen atoms in total. The van der Waals surface area contributed by atoms with Crippen molar-refractivity contribution in [1.82, 2.24) is 39.9 Å². The molecule has 0 unspecified atom stereocenters. The Balaban J connectivity index is 0.000000347. The Morgan fingerprint density at radius 2 is 0.899 bits per heavy atom. The van der Waals surface area contributed by atoms with Crippen molar-refractivity contribution in [3.05, 3.63) is 181 Å². The van der Waals surface area contributed by atoms with Crippen molar-refractivity contribution in [2.45, 2.75) is 125 Å². The lowest BCUT2D eigenvalue weighted by atomic mass is 9.78. The number of aliphatic hydroxyl groups excluding tert-OH is 1. The number of rotatable bonds is 16. The van der Waals surface area contributed by atoms with E-state index in [1.165, 1.54) is 67.3 Å². The van der Waals surface area contributed by atoms with Crippen LogP contribution in [0.15, 0.2) is 113 Å². The normalized spacial score (nSPS) is 12.5. The van der Waals surface area contributed by atoms with Crippen LogP contribution in [-0.2, 0) is 37.7 Å². The smallest absolute Gasteiger partial charge is 0.478 e. The first kappa shape index (κ1) is 92.8. The Bertz CT molecular complexity index is 4480. The first-order valence-corrected chi connectivity index (χ1v) is 34.0. The summed E-state index contributed by atoms with van der Waals surface area (Å²) in [5.74, 6) is -7.39. The minimum absolute atomic E-state index is 0. The summed E-state index contributed by atoms with van der Waals surface area (Å²) < 4.78 is 97.3. The molecule has 1 aliphatic rings. The lowest BCUT2D eigenvalue weighted by Gasteiger charge is -2.32. The third-order valence-electron chi connectivity index (χ3n) is 13.9. The molecule has 0 spiro atoms. The number of anilines is 4. The molecule has 586 valence electrons. The highest BCUT2D eigenvalue weighted by Crippen LogP contribution is 2.37. The van der Waals surface area contributed by atoms with E-state index in [1.54, 1.807) is 81.4 Å². The molecule has 5 heterocycles. The first-order chi connectivity index (χ1) is 50.4. The molecule has 1 fully saturated rings. The van der Waals surface area contributed by atoms with Crippen LogP contribution in [0.25, 0.3) is 22.5 Å². The zero-order valence-electron chi connectivity index (χ0n) is 61.8. The molecule has 109 heavy (non-hydrogen) atoms. The van der Waals surface area contributed by atoms with Crippen LogP contribution in [0, 0.1) is 23.3 Å². The van der Waals surface area contributed by atoms with Crippen molar-refractivity contribution < 1.29 is 99.1 Å². The van der Waals surface area contributed by atoms with Crippen LogP contribution in [0.5, 0.6) is 0 Å². The Kier molecular flexibility index (Phi) is 35.6. The summed E-state index contributed by atoms with van der Waals surface area (Å²) in [7, 11) is -0.665. The van der Waals surface area contributed by atoms with Gasteiger partial charge in [-0.15, -0.1) is 0 Å². The van der Waals surface area contributed by atoms with E-state index >= 15 is 0 Å². The standard InChI is InChI=1S/C18H20FN3O4.C17H24BFO4.C14H12FN3O4.C8H9BrFNO.C7H8BrN3O2.C7H9N3O2.H2S/c1-5-25-17(24)13-9-21-15(20)14(22-13)10-6-7-11(12(19)8-10)16(23)26-18(2,3)4;1-15(2,3)21-14(20)12-9-8-11(10-13(12)19)18-22-16(4,5)17(6,7)23-18;1-2-22-14(21)10-6-17-12(16)11(18-10)7-3-4-8(13(19)20)9(15)5-7;9-6-1-5(8(11)4-12)2-7(10)3-6;1-2-13-7(12)4-3-10-6(9)5(8)11-4;1-2-12-7(11)5-3-10-6(8)4-9-5;/h6-9H,5H2,1-4H3,(H2,20,21);8-10H,1-7H3;3-6H,2H2,1H3,(H2,16,17)(H,19,20);1-3,8,12H,4,11H2;3H,2H2,1H3,(H2,9,10);3-4H,2H2,1H3,(H2,8,10);1H2/t;;;8-;;;/m...1.../s1. The van der Waals surface area contributed by atoms with Crippen LogP contribution in [0.3, 0.4) is 0 Å². The molecule has 0 amide bonds. The van der Waals surface area contributed by atoms with Gasteiger partial charge in [-0.1, -0.05) is 34.1 Å². The molecule has 8 aromatic rings. The van der Waals surface area contributed by atoms with Crippen LogP contribution in [0.2, 0.25) is 0 Å². The zero-order chi connectivity index (χ0) is 81.3. The summed E-state index contributed by atoms with van der Waals surface area (Å²) in [6.45, 7) is 25.5. The number of nitrogens with zero attached hydrogens (tertiary/aromatic N) is 8. The molecule has 1 aliphatic heterocycles. The number of carbonyl (C=O) groups is 7. The van der Waals surface area contributed by atoms with Crippen molar-refractivity contribution in [2.24, 2.45) is 5.73 Å². The summed E-state index contributed by atoms with van der Waals surface area (Å²) in [5.41, 5.74) is 26.4. The van der Waals surface area contributed by atoms with E-state index in [-0.39, 0.29) is 119 Å². The number of hydrogen-bond acceptors (Lipinski definition) is 29. The third-order valence-corrected chi connectivity index (χ3v) is 15.0. The zero-order valence-corrected chi connectivity index (χ0v) is 65.9. The average molecular weight is 1670 g/mol. The fraction of sp³-hybridized carbons (Fsp3) is 0.338. The van der Waals surface area contributed by atoms with Gasteiger partial charge in [-0.05, 0) is 178 Å². The largest absolute Gasteiger partial charge is 0.494 e. The maximum absolute atomic E-state index is 14.4. The van der Waals surface area contributed by atoms with Crippen molar-refractivity contribution in [3.8, 4) is 22.5 Å². The number of hydrogen-bond donors (Lipinski definition) is 7. The number of nitrogen functional groups attached to an aromatic ring is 4. The van der Waals surface area contributed by atoms with E-state index in [1.807, 2.05) is 27.7 Å². The van der Waals surface area contributed by atoms with Gasteiger partial charge in [-0.3, -0.25) is 0 Å². The second-order valence-electron chi connectivity index (χ2n) is 25.1. The van der Waals surface area contributed by atoms with Gasteiger partial charge < -0.3 is 76.6 Å². The molecule has 0 saturated carbocycles. The van der Waals surface area contributed by atoms with Gasteiger partial charge in [-0.2, -0.15) is 13.5 Å². The molecule has 4 aromatic carbocycles. The van der Waals surface area contributed by atoms with Crippen molar-refractivity contribution in [1.29, 1.82) is 0 Å². The summed E-state index contributed by atoms with van der Waals surface area (Å²) in [4.78, 5) is 111. The average Bonchev–Trinajstić information content (AvgIpc) is 1.60. The Morgan fingerprint density at radius 1 is 0.514 bits per heavy atom. The number of carboxylic acids is 1. The van der Waals surface area contributed by atoms with Gasteiger partial charge in [0.2, 0.25) is 0 Å². The van der Waals surface area contributed by atoms with Gasteiger partial charge in [0.15, 0.2) is 28.6 Å². The molecule has 0 aliphatic carbocycles. The number of carbonyl (C=O) groups excluding carboxylic acids is 6. The lowest BCUT2D eigenvalue weighted by Crippen LogP contribution is -2.41. The molecule has 9 rings (SSSR count). The molecule has 0 bridgehead atoms. The first-order valence-electron chi connectivity index (χ1n) is 32.5. The summed E-state index contributed by atoms with van der Waals surface area (Å²) in [6.07, 6.45) is 6.21. The van der Waals surface area contributed by atoms with Gasteiger partial charge >= 0.3 is 48.9 Å². The lowest BCUT2D eigenvalue weighted by molar-refractivity contribution is 0.00518. The van der Waals surface area contributed by atoms with Crippen molar-refractivity contribution in [3.63, 3.8) is 0 Å². The highest BCUT2D eigenvalue weighted by molar-refractivity contribution is 9.10. The molecule has 38 heteroatoms. The molecule has 12 N–H and O–H groups in total. The van der Waals surface area contributed by atoms with Crippen LogP contribution >= 0.6 is 45.4 Å². The summed E-state index contributed by atoms with van der Waals surface area (Å²) >= 11 is 6.19. The Hall–Kier alpha value is -10.4. The van der Waals surface area contributed by atoms with Crippen molar-refractivity contribution >= 4 is 123 Å². The monoisotopic (exact) mass is 1670 g/mol. The molecular weight excluding hydrogens is 1590 g/mol. The molecule has 1 saturated heterocycles. The fourth-order valence-corrected chi connectivity index (χ4v) is 8.98. The third kappa shape index (κ3) is 28.6. The second-order valence-corrected chi connectivity index (χ2v) is 26.8. The quantitative estimate of drug-likeness (QED) is 0.0204. The number of nitrogens with two attached hydrogens (primary N) is 5. The van der Waals surface area contributed by atoms with Gasteiger partial charge in [-0.25, -0.2) is 91.0 Å². The number of carboxylic acid groups (broad SMARTS) is 1. The highest BCUT2D eigenvalue weighted by atomic mass is 79.9. The number of benzene rings is 4. The number of halogens is 6. The summed E-state index contributed by atoms with van der Waals surface area (Å²) in [6, 6.07) is 15.3. The SMILES string of the molecule is CC(C)(C)OC(=O)c1ccc(B2OC(C)(C)C(C)(C)O2)cc1F.CCOC(=O)c1cnc(N)c(-c2ccc(C(=O)O)c(F)c2)n1.CCOC(=O)c1cnc(N)c(-c2ccc(C(=O)OC(C)(C)C)c(F)c2)n1.CCOC(=O)c1cnc(N)c(Br)n1.CCOC(=O)c1cnc(N)cn1.N[C@H](CO)c1cc(F)cc(Br)c1.S. The predicted octanol–water partition coefficient (Wildman–Crippen LogP) is 10.7. The second kappa shape index (κ2) is 41.8. The van der Waals surface area contributed by atoms with E-state index in [4.69, 9.17) is 71.9 Å². The highest BCUT2D eigenvalue weighted by Gasteiger charge is 2.52. The molecule has 1 atom stereocenters. The van der Waals surface area contributed by atoms with Crippen LogP contribution in [-0.4, -0.2) is 154 Å². The van der Waals surface area contributed by atoms with Crippen LogP contribution in [0.1, 0.15) is 182 Å². The number of aliphatic hydroxyl groups is 1. The number of aromatic carboxylic acids is 1. The minimum Gasteiger partial charge on any atom is -0.478 e. The maximum atomic E-state index is 14.4. The van der Waals surface area contributed by atoms with Gasteiger partial charge in [0.25, 0.3) is 0 Å². The summed E-state index contributed by atoms with van der Waals surface area (Å²) in [5, 5.41) is 17.5. The van der Waals surface area contributed by atoms with E-state index < -0.39 is 100 Å². The van der Waals surface area contributed by atoms with E-state index in [0.29, 0.717) is 33.3 Å². The number of aromatic nitrogens is 8. The van der Waals surface area contributed by atoms with Crippen LogP contribution < -0.4 is 34.1 Å². The van der Waals surface area contributed by atoms with E-state index in [9.17, 15) is 51.1 Å². The topological polar surface area (TPSA) is 467 Å². The minimum atomic E-state index is -1.39. The van der Waals surface area contributed by atoms with E-state index in [0.717, 1.165) is 24.4 Å². The molecule has 0 radical (unpaired) electrons. The number of esters is 6. The maximum Gasteiger partial charge on any atom is 0.494 e. The fourth-order valence-electron chi connectivity index (χ4n) is 8.20. The van der Waals surface area contributed by atoms with Gasteiger partial charge in [0.05, 0.1) is 98.0 Å². The molecule has 4 aromatic heterocycles. The van der Waals surface area contributed by atoms with Gasteiger partial charge in [0, 0.05) is 15.6 Å². The number of ether oxygens (including phenoxy) is 6. The molecular formula is C71H84BBr2F4N13O17S. The predicted molar refractivity (Wildman–Crippen MR) is 406 cm³/mol. The Morgan fingerprint density at radius 3 is 1.26 bits per heavy atom. The van der Waals surface area contributed by atoms with Crippen molar-refractivity contribution in [2.75, 3.05) is 56.0 Å². The van der Waals surface area contributed by atoms with E-state index in [2.05, 4.69) is 76.5 Å². The Labute approximate surface area is 649 Å². The van der Waals surface area contributed by atoms with Gasteiger partial charge in [0.1, 0.15) is 67.9 Å².